The Morgan fingerprint density at radius 2 is 1.68 bits per heavy atom. The van der Waals surface area contributed by atoms with Crippen molar-refractivity contribution in [3.05, 3.63) is 54.8 Å². The molecule has 0 spiro atoms. The summed E-state index contributed by atoms with van der Waals surface area (Å²) in [5.74, 6) is 0.457. The predicted octanol–water partition coefficient (Wildman–Crippen LogP) is 2.39. The molecule has 1 aromatic rings. The average Bonchev–Trinajstić information content (AvgIpc) is 2.68. The first-order valence-electron chi connectivity index (χ1n) is 7.34. The number of amidine groups is 1. The maximum atomic E-state index is 6.02. The lowest BCUT2D eigenvalue weighted by Gasteiger charge is -2.32. The molecule has 2 rings (SSSR count). The lowest BCUT2D eigenvalue weighted by molar-refractivity contribution is 0.00578. The van der Waals surface area contributed by atoms with Crippen LogP contribution < -0.4 is 11.2 Å². The van der Waals surface area contributed by atoms with E-state index in [0.717, 1.165) is 11.0 Å². The Morgan fingerprint density at radius 3 is 2.18 bits per heavy atom. The van der Waals surface area contributed by atoms with Crippen LogP contribution in [-0.4, -0.2) is 24.2 Å². The Morgan fingerprint density at radius 1 is 1.14 bits per heavy atom. The first-order chi connectivity index (χ1) is 10.3. The van der Waals surface area contributed by atoms with Gasteiger partial charge in [0.05, 0.1) is 11.2 Å². The van der Waals surface area contributed by atoms with Crippen molar-refractivity contribution in [3.8, 4) is 0 Å². The normalized spacial score (nSPS) is 20.5. The van der Waals surface area contributed by atoms with Crippen LogP contribution in [0.2, 0.25) is 0 Å². The van der Waals surface area contributed by atoms with Crippen LogP contribution in [0, 0.1) is 0 Å². The smallest absolute Gasteiger partial charge is 0.399 e. The number of hydrogen-bond donors (Lipinski definition) is 1. The van der Waals surface area contributed by atoms with Crippen molar-refractivity contribution in [3.63, 3.8) is 0 Å². The van der Waals surface area contributed by atoms with E-state index in [9.17, 15) is 0 Å². The molecule has 2 N–H and O–H groups in total. The number of rotatable bonds is 4. The summed E-state index contributed by atoms with van der Waals surface area (Å²) in [5.41, 5.74) is 7.07. The van der Waals surface area contributed by atoms with Gasteiger partial charge in [-0.2, -0.15) is 0 Å². The van der Waals surface area contributed by atoms with E-state index >= 15 is 0 Å². The van der Waals surface area contributed by atoms with Crippen molar-refractivity contribution in [2.24, 2.45) is 10.7 Å². The molecular formula is C17H23BN2O2. The number of nitrogens with two attached hydrogens (primary N) is 1. The van der Waals surface area contributed by atoms with Crippen LogP contribution in [0.15, 0.2) is 54.2 Å². The third-order valence-electron chi connectivity index (χ3n) is 4.17. The van der Waals surface area contributed by atoms with Crippen LogP contribution in [0.4, 0.5) is 0 Å². The predicted molar refractivity (Wildman–Crippen MR) is 92.2 cm³/mol. The maximum absolute atomic E-state index is 6.02. The molecule has 0 amide bonds. The van der Waals surface area contributed by atoms with Crippen molar-refractivity contribution in [1.29, 1.82) is 0 Å². The second-order valence-corrected chi connectivity index (χ2v) is 6.30. The summed E-state index contributed by atoms with van der Waals surface area (Å²) >= 11 is 0. The minimum Gasteiger partial charge on any atom is -0.399 e. The quantitative estimate of drug-likeness (QED) is 0.402. The number of nitrogens with zero attached hydrogens (tertiary/aromatic N) is 1. The lowest BCUT2D eigenvalue weighted by atomic mass is 9.79. The molecule has 4 nitrogen and oxygen atoms in total. The third kappa shape index (κ3) is 3.31. The molecule has 22 heavy (non-hydrogen) atoms. The van der Waals surface area contributed by atoms with E-state index in [2.05, 4.69) is 11.6 Å². The molecule has 1 heterocycles. The van der Waals surface area contributed by atoms with Crippen molar-refractivity contribution in [2.75, 3.05) is 0 Å². The van der Waals surface area contributed by atoms with Gasteiger partial charge in [0, 0.05) is 11.8 Å². The molecule has 1 saturated heterocycles. The summed E-state index contributed by atoms with van der Waals surface area (Å²) < 4.78 is 12.0. The molecule has 0 aliphatic carbocycles. The van der Waals surface area contributed by atoms with Crippen molar-refractivity contribution >= 4 is 18.4 Å². The van der Waals surface area contributed by atoms with E-state index in [1.807, 2.05) is 52.0 Å². The number of aliphatic imine (C=N–C) groups is 1. The Hall–Kier alpha value is -1.85. The second kappa shape index (κ2) is 6.11. The molecule has 1 aromatic carbocycles. The first-order valence-corrected chi connectivity index (χ1v) is 7.34. The van der Waals surface area contributed by atoms with Crippen LogP contribution in [-0.2, 0) is 9.31 Å². The van der Waals surface area contributed by atoms with Gasteiger partial charge in [-0.25, -0.2) is 4.99 Å². The Bertz CT molecular complexity index is 588. The van der Waals surface area contributed by atoms with Gasteiger partial charge in [-0.3, -0.25) is 0 Å². The minimum atomic E-state index is -0.363. The largest absolute Gasteiger partial charge is 0.494 e. The van der Waals surface area contributed by atoms with Gasteiger partial charge >= 0.3 is 7.12 Å². The zero-order valence-electron chi connectivity index (χ0n) is 13.7. The van der Waals surface area contributed by atoms with Crippen LogP contribution >= 0.6 is 0 Å². The molecule has 116 valence electrons. The van der Waals surface area contributed by atoms with E-state index in [-0.39, 0.29) is 18.3 Å². The zero-order valence-corrected chi connectivity index (χ0v) is 13.7. The summed E-state index contributed by atoms with van der Waals surface area (Å²) in [6, 6.07) is 7.75. The summed E-state index contributed by atoms with van der Waals surface area (Å²) in [5, 5.41) is 0. The van der Waals surface area contributed by atoms with Gasteiger partial charge in [-0.1, -0.05) is 36.9 Å². The summed E-state index contributed by atoms with van der Waals surface area (Å²) in [6.45, 7) is 11.7. The van der Waals surface area contributed by atoms with Gasteiger partial charge in [-0.15, -0.1) is 0 Å². The molecule has 0 aromatic heterocycles. The monoisotopic (exact) mass is 298 g/mol. The fraction of sp³-hybridized carbons (Fsp3) is 0.353. The SMILES string of the molecule is C=C/C=C\N=C(N)c1ccc(B2OC(C)(C)C(C)(C)O2)cc1. The number of benzene rings is 1. The Balaban J connectivity index is 2.15. The van der Waals surface area contributed by atoms with Crippen LogP contribution in [0.25, 0.3) is 0 Å². The Labute approximate surface area is 132 Å². The van der Waals surface area contributed by atoms with Crippen LogP contribution in [0.1, 0.15) is 33.3 Å². The molecule has 0 saturated carbocycles. The van der Waals surface area contributed by atoms with Crippen molar-refractivity contribution < 1.29 is 9.31 Å². The van der Waals surface area contributed by atoms with Gasteiger partial charge in [0.2, 0.25) is 0 Å². The number of allylic oxidation sites excluding steroid dienone is 2. The molecule has 5 heteroatoms. The maximum Gasteiger partial charge on any atom is 0.494 e. The van der Waals surface area contributed by atoms with Crippen molar-refractivity contribution in [1.82, 2.24) is 0 Å². The zero-order chi connectivity index (χ0) is 16.4. The van der Waals surface area contributed by atoms with Crippen molar-refractivity contribution in [2.45, 2.75) is 38.9 Å². The molecule has 0 unspecified atom stereocenters. The first kappa shape index (κ1) is 16.5. The van der Waals surface area contributed by atoms with Gasteiger partial charge in [-0.05, 0) is 39.2 Å². The molecular weight excluding hydrogens is 275 g/mol. The van der Waals surface area contributed by atoms with E-state index < -0.39 is 0 Å². The lowest BCUT2D eigenvalue weighted by Crippen LogP contribution is -2.41. The molecule has 1 aliphatic rings. The minimum absolute atomic E-state index is 0.341. The standard InChI is InChI=1S/C17H23BN2O2/c1-6-7-12-20-15(19)13-8-10-14(11-9-13)18-21-16(2,3)17(4,5)22-18/h6-12H,1H2,2-5H3,(H2,19,20)/b12-7-. The summed E-state index contributed by atoms with van der Waals surface area (Å²) in [6.07, 6.45) is 4.99. The molecule has 0 atom stereocenters. The molecule has 1 aliphatic heterocycles. The molecule has 1 fully saturated rings. The highest BCUT2D eigenvalue weighted by atomic mass is 16.7. The number of hydrogen-bond acceptors (Lipinski definition) is 3. The second-order valence-electron chi connectivity index (χ2n) is 6.30. The van der Waals surface area contributed by atoms with E-state index in [1.165, 1.54) is 0 Å². The topological polar surface area (TPSA) is 56.8 Å². The fourth-order valence-electron chi connectivity index (χ4n) is 2.05. The average molecular weight is 298 g/mol. The fourth-order valence-corrected chi connectivity index (χ4v) is 2.05. The van der Waals surface area contributed by atoms with Gasteiger partial charge in [0.1, 0.15) is 5.84 Å². The summed E-state index contributed by atoms with van der Waals surface area (Å²) in [4.78, 5) is 4.14. The third-order valence-corrected chi connectivity index (χ3v) is 4.17. The molecule has 0 bridgehead atoms. The van der Waals surface area contributed by atoms with E-state index in [1.54, 1.807) is 18.4 Å². The highest BCUT2D eigenvalue weighted by Gasteiger charge is 2.51. The van der Waals surface area contributed by atoms with E-state index in [0.29, 0.717) is 5.84 Å². The van der Waals surface area contributed by atoms with Gasteiger partial charge < -0.3 is 15.0 Å². The summed E-state index contributed by atoms with van der Waals surface area (Å²) in [7, 11) is -0.363. The van der Waals surface area contributed by atoms with Crippen LogP contribution in [0.5, 0.6) is 0 Å². The van der Waals surface area contributed by atoms with Gasteiger partial charge in [0.25, 0.3) is 0 Å². The van der Waals surface area contributed by atoms with E-state index in [4.69, 9.17) is 15.0 Å². The molecule has 0 radical (unpaired) electrons. The Kier molecular flexibility index (Phi) is 4.59. The van der Waals surface area contributed by atoms with Gasteiger partial charge in [0.15, 0.2) is 0 Å². The van der Waals surface area contributed by atoms with Crippen LogP contribution in [0.3, 0.4) is 0 Å². The highest BCUT2D eigenvalue weighted by Crippen LogP contribution is 2.36. The highest BCUT2D eigenvalue weighted by molar-refractivity contribution is 6.62.